The fourth-order valence-corrected chi connectivity index (χ4v) is 2.52. The number of hydrogen-bond acceptors (Lipinski definition) is 7. The predicted molar refractivity (Wildman–Crippen MR) is 92.3 cm³/mol. The topological polar surface area (TPSA) is 108 Å². The Hall–Kier alpha value is -3.28. The molecule has 1 N–H and O–H groups in total. The number of alkyl halides is 3. The smallest absolute Gasteiger partial charge is 0.378 e. The van der Waals surface area contributed by atoms with Crippen LogP contribution in [0, 0.1) is 0 Å². The molecule has 154 valence electrons. The monoisotopic (exact) mass is 410 g/mol. The van der Waals surface area contributed by atoms with Gasteiger partial charge in [-0.1, -0.05) is 5.16 Å². The van der Waals surface area contributed by atoms with Crippen LogP contribution in [0.25, 0.3) is 11.4 Å². The number of pyridine rings is 1. The molecule has 0 aliphatic carbocycles. The quantitative estimate of drug-likeness (QED) is 0.665. The van der Waals surface area contributed by atoms with Crippen molar-refractivity contribution in [1.82, 2.24) is 30.2 Å². The van der Waals surface area contributed by atoms with Crippen LogP contribution in [0.4, 0.5) is 13.2 Å². The average Bonchev–Trinajstić information content (AvgIpc) is 3.29. The number of hydrogen-bond donors (Lipinski definition) is 1. The number of carbonyl (C=O) groups is 1. The Balaban J connectivity index is 1.74. The van der Waals surface area contributed by atoms with E-state index in [0.29, 0.717) is 23.9 Å². The summed E-state index contributed by atoms with van der Waals surface area (Å²) in [6.07, 6.45) is -3.07. The van der Waals surface area contributed by atoms with Crippen molar-refractivity contribution in [3.05, 3.63) is 47.4 Å². The Morgan fingerprint density at radius 2 is 2.14 bits per heavy atom. The molecule has 0 fully saturated rings. The predicted octanol–water partition coefficient (Wildman–Crippen LogP) is 2.52. The van der Waals surface area contributed by atoms with Crippen molar-refractivity contribution >= 4 is 5.91 Å². The van der Waals surface area contributed by atoms with Gasteiger partial charge in [0.25, 0.3) is 5.91 Å². The Morgan fingerprint density at radius 1 is 1.38 bits per heavy atom. The van der Waals surface area contributed by atoms with Gasteiger partial charge >= 0.3 is 6.18 Å². The maximum atomic E-state index is 12.8. The van der Waals surface area contributed by atoms with E-state index in [4.69, 9.17) is 9.26 Å². The second-order valence-electron chi connectivity index (χ2n) is 6.16. The normalized spacial score (nSPS) is 12.8. The highest BCUT2D eigenvalue weighted by Gasteiger charge is 2.35. The lowest BCUT2D eigenvalue weighted by atomic mass is 10.2. The highest BCUT2D eigenvalue weighted by Crippen LogP contribution is 2.28. The zero-order valence-corrected chi connectivity index (χ0v) is 15.7. The van der Waals surface area contributed by atoms with E-state index < -0.39 is 23.8 Å². The van der Waals surface area contributed by atoms with Gasteiger partial charge in [-0.2, -0.15) is 23.3 Å². The number of rotatable bonds is 6. The number of nitrogens with zero attached hydrogens (tertiary/aromatic N) is 5. The van der Waals surface area contributed by atoms with E-state index in [0.717, 1.165) is 4.68 Å². The van der Waals surface area contributed by atoms with Crippen LogP contribution >= 0.6 is 0 Å². The molecule has 0 bridgehead atoms. The maximum absolute atomic E-state index is 12.8. The first-order valence-electron chi connectivity index (χ1n) is 8.39. The van der Waals surface area contributed by atoms with Crippen molar-refractivity contribution < 1.29 is 27.2 Å². The number of aromatic nitrogens is 5. The molecule has 0 saturated heterocycles. The van der Waals surface area contributed by atoms with Gasteiger partial charge in [-0.25, -0.2) is 0 Å². The van der Waals surface area contributed by atoms with Crippen LogP contribution in [0.15, 0.2) is 28.9 Å². The first-order chi connectivity index (χ1) is 13.7. The summed E-state index contributed by atoms with van der Waals surface area (Å²) < 4.78 is 49.3. The van der Waals surface area contributed by atoms with Crippen LogP contribution in [0.1, 0.15) is 40.7 Å². The SMILES string of the molecule is COCc1cc(-c2noc(C(C)NC(=O)c3cc(C(F)(F)F)nn3C)n2)ccn1. The van der Waals surface area contributed by atoms with Gasteiger partial charge in [-0.05, 0) is 19.1 Å². The minimum Gasteiger partial charge on any atom is -0.378 e. The van der Waals surface area contributed by atoms with Crippen LogP contribution in [-0.4, -0.2) is 37.9 Å². The van der Waals surface area contributed by atoms with E-state index in [1.54, 1.807) is 32.4 Å². The van der Waals surface area contributed by atoms with Gasteiger partial charge in [0.05, 0.1) is 12.3 Å². The molecule has 0 aliphatic heterocycles. The molecule has 0 saturated carbocycles. The fourth-order valence-electron chi connectivity index (χ4n) is 2.52. The molecule has 0 aromatic carbocycles. The molecule has 3 aromatic heterocycles. The lowest BCUT2D eigenvalue weighted by Crippen LogP contribution is -2.28. The molecule has 9 nitrogen and oxygen atoms in total. The van der Waals surface area contributed by atoms with E-state index in [2.05, 4.69) is 25.5 Å². The Kier molecular flexibility index (Phi) is 5.64. The van der Waals surface area contributed by atoms with E-state index in [1.807, 2.05) is 0 Å². The summed E-state index contributed by atoms with van der Waals surface area (Å²) in [6, 6.07) is 3.35. The molecule has 3 heterocycles. The zero-order chi connectivity index (χ0) is 21.2. The van der Waals surface area contributed by atoms with Crippen molar-refractivity contribution in [1.29, 1.82) is 0 Å². The van der Waals surface area contributed by atoms with Crippen molar-refractivity contribution in [2.45, 2.75) is 25.7 Å². The number of methoxy groups -OCH3 is 1. The summed E-state index contributed by atoms with van der Waals surface area (Å²) in [5.41, 5.74) is -0.0823. The highest BCUT2D eigenvalue weighted by atomic mass is 19.4. The van der Waals surface area contributed by atoms with Crippen LogP contribution in [0.3, 0.4) is 0 Å². The number of amides is 1. The molecular weight excluding hydrogens is 393 g/mol. The maximum Gasteiger partial charge on any atom is 0.435 e. The lowest BCUT2D eigenvalue weighted by Gasteiger charge is -2.09. The van der Waals surface area contributed by atoms with Gasteiger partial charge in [0, 0.05) is 32.0 Å². The number of aryl methyl sites for hydroxylation is 1. The Morgan fingerprint density at radius 3 is 2.79 bits per heavy atom. The number of ether oxygens (including phenoxy) is 1. The third kappa shape index (κ3) is 4.59. The summed E-state index contributed by atoms with van der Waals surface area (Å²) in [4.78, 5) is 20.7. The minimum atomic E-state index is -4.64. The standard InChI is InChI=1S/C17H17F3N6O3/c1-9(22-15(27)12-7-13(17(18,19)20)24-26(12)2)16-23-14(25-29-16)10-4-5-21-11(6-10)8-28-3/h4-7,9H,8H2,1-3H3,(H,22,27). The number of nitrogens with one attached hydrogen (secondary N) is 1. The van der Waals surface area contributed by atoms with E-state index in [-0.39, 0.29) is 17.4 Å². The van der Waals surface area contributed by atoms with Crippen molar-refractivity contribution in [3.8, 4) is 11.4 Å². The first-order valence-corrected chi connectivity index (χ1v) is 8.39. The molecule has 12 heteroatoms. The van der Waals surface area contributed by atoms with Crippen LogP contribution in [0.5, 0.6) is 0 Å². The highest BCUT2D eigenvalue weighted by molar-refractivity contribution is 5.92. The third-order valence-electron chi connectivity index (χ3n) is 3.93. The average molecular weight is 410 g/mol. The molecule has 0 radical (unpaired) electrons. The Bertz CT molecular complexity index is 1010. The van der Waals surface area contributed by atoms with Crippen LogP contribution < -0.4 is 5.32 Å². The molecule has 1 amide bonds. The summed E-state index contributed by atoms with van der Waals surface area (Å²) in [6.45, 7) is 1.88. The minimum absolute atomic E-state index is 0.0941. The van der Waals surface area contributed by atoms with Crippen LogP contribution in [-0.2, 0) is 24.6 Å². The lowest BCUT2D eigenvalue weighted by molar-refractivity contribution is -0.141. The number of carbonyl (C=O) groups excluding carboxylic acids is 1. The van der Waals surface area contributed by atoms with Gasteiger partial charge in [0.2, 0.25) is 11.7 Å². The van der Waals surface area contributed by atoms with Gasteiger partial charge in [0.1, 0.15) is 11.7 Å². The fraction of sp³-hybridized carbons (Fsp3) is 0.353. The summed E-state index contributed by atoms with van der Waals surface area (Å²) >= 11 is 0. The second kappa shape index (κ2) is 7.99. The summed E-state index contributed by atoms with van der Waals surface area (Å²) in [5.74, 6) is -0.383. The van der Waals surface area contributed by atoms with Crippen LogP contribution in [0.2, 0.25) is 0 Å². The molecule has 29 heavy (non-hydrogen) atoms. The van der Waals surface area contributed by atoms with E-state index >= 15 is 0 Å². The molecule has 0 aliphatic rings. The molecule has 3 rings (SSSR count). The summed E-state index contributed by atoms with van der Waals surface area (Å²) in [7, 11) is 2.80. The molecule has 1 atom stereocenters. The van der Waals surface area contributed by atoms with Gasteiger partial charge in [0.15, 0.2) is 5.69 Å². The largest absolute Gasteiger partial charge is 0.435 e. The molecular formula is C17H17F3N6O3. The Labute approximate surface area is 162 Å². The first kappa shape index (κ1) is 20.5. The summed E-state index contributed by atoms with van der Waals surface area (Å²) in [5, 5.41) is 9.70. The molecule has 3 aromatic rings. The van der Waals surface area contributed by atoms with Crippen molar-refractivity contribution in [3.63, 3.8) is 0 Å². The molecule has 1 unspecified atom stereocenters. The third-order valence-corrected chi connectivity index (χ3v) is 3.93. The van der Waals surface area contributed by atoms with Crippen molar-refractivity contribution in [2.24, 2.45) is 7.05 Å². The van der Waals surface area contributed by atoms with E-state index in [9.17, 15) is 18.0 Å². The van der Waals surface area contributed by atoms with E-state index in [1.165, 1.54) is 7.05 Å². The van der Waals surface area contributed by atoms with Gasteiger partial charge in [-0.3, -0.25) is 14.5 Å². The molecule has 0 spiro atoms. The van der Waals surface area contributed by atoms with Gasteiger partial charge in [-0.15, -0.1) is 0 Å². The number of halogens is 3. The van der Waals surface area contributed by atoms with Crippen molar-refractivity contribution in [2.75, 3.05) is 7.11 Å². The van der Waals surface area contributed by atoms with Gasteiger partial charge < -0.3 is 14.6 Å². The second-order valence-corrected chi connectivity index (χ2v) is 6.16. The zero-order valence-electron chi connectivity index (χ0n) is 15.7.